The van der Waals surface area contributed by atoms with Gasteiger partial charge >= 0.3 is 0 Å². The fourth-order valence-corrected chi connectivity index (χ4v) is 2.57. The number of hydrogen-bond donors (Lipinski definition) is 1. The molecular weight excluding hydrogens is 257 g/mol. The van der Waals surface area contributed by atoms with Crippen LogP contribution in [0.2, 0.25) is 0 Å². The molecule has 1 N–H and O–H groups in total. The molecule has 2 heterocycles. The number of nitrogens with zero attached hydrogens (tertiary/aromatic N) is 2. The first-order chi connectivity index (χ1) is 9.79. The van der Waals surface area contributed by atoms with E-state index in [0.717, 1.165) is 25.1 Å². The standard InChI is InChI=1S/C15H18FN3O/c16-13-5-3-11(4-6-13)8-14-18-15(20-19-14)9-12-2-1-7-17-10-12/h3-6,12,17H,1-2,7-10H2. The van der Waals surface area contributed by atoms with Crippen LogP contribution in [0.4, 0.5) is 4.39 Å². The Hall–Kier alpha value is -1.75. The molecule has 1 unspecified atom stereocenters. The largest absolute Gasteiger partial charge is 0.339 e. The van der Waals surface area contributed by atoms with Crippen LogP contribution in [0.25, 0.3) is 0 Å². The molecule has 1 saturated heterocycles. The van der Waals surface area contributed by atoms with Crippen LogP contribution < -0.4 is 5.32 Å². The van der Waals surface area contributed by atoms with Gasteiger partial charge in [-0.15, -0.1) is 0 Å². The Morgan fingerprint density at radius 3 is 2.90 bits per heavy atom. The van der Waals surface area contributed by atoms with Crippen molar-refractivity contribution in [2.45, 2.75) is 25.7 Å². The monoisotopic (exact) mass is 275 g/mol. The number of hydrogen-bond acceptors (Lipinski definition) is 4. The van der Waals surface area contributed by atoms with Gasteiger partial charge < -0.3 is 9.84 Å². The topological polar surface area (TPSA) is 51.0 Å². The second-order valence-corrected chi connectivity index (χ2v) is 5.32. The normalized spacial score (nSPS) is 19.1. The van der Waals surface area contributed by atoms with Crippen molar-refractivity contribution in [2.75, 3.05) is 13.1 Å². The molecule has 0 bridgehead atoms. The summed E-state index contributed by atoms with van der Waals surface area (Å²) in [6.45, 7) is 2.13. The van der Waals surface area contributed by atoms with Crippen molar-refractivity contribution in [1.82, 2.24) is 15.5 Å². The zero-order valence-corrected chi connectivity index (χ0v) is 11.3. The summed E-state index contributed by atoms with van der Waals surface area (Å²) in [5.74, 6) is 1.72. The molecule has 4 nitrogen and oxygen atoms in total. The van der Waals surface area contributed by atoms with Crippen molar-refractivity contribution in [3.8, 4) is 0 Å². The zero-order valence-electron chi connectivity index (χ0n) is 11.3. The molecule has 106 valence electrons. The molecule has 1 aliphatic heterocycles. The number of rotatable bonds is 4. The molecule has 3 rings (SSSR count). The lowest BCUT2D eigenvalue weighted by Gasteiger charge is -2.20. The molecule has 2 aromatic rings. The van der Waals surface area contributed by atoms with E-state index in [-0.39, 0.29) is 5.82 Å². The summed E-state index contributed by atoms with van der Waals surface area (Å²) in [5, 5.41) is 7.38. The fraction of sp³-hybridized carbons (Fsp3) is 0.467. The first-order valence-electron chi connectivity index (χ1n) is 7.06. The highest BCUT2D eigenvalue weighted by Crippen LogP contribution is 2.16. The van der Waals surface area contributed by atoms with Crippen molar-refractivity contribution in [3.05, 3.63) is 47.4 Å². The Morgan fingerprint density at radius 1 is 1.30 bits per heavy atom. The summed E-state index contributed by atoms with van der Waals surface area (Å²) in [5.41, 5.74) is 0.984. The number of halogens is 1. The van der Waals surface area contributed by atoms with Crippen LogP contribution in [-0.2, 0) is 12.8 Å². The predicted molar refractivity (Wildman–Crippen MR) is 72.8 cm³/mol. The van der Waals surface area contributed by atoms with Crippen LogP contribution in [-0.4, -0.2) is 23.2 Å². The van der Waals surface area contributed by atoms with E-state index in [1.165, 1.54) is 25.0 Å². The molecule has 1 aromatic heterocycles. The second kappa shape index (κ2) is 6.13. The van der Waals surface area contributed by atoms with Crippen molar-refractivity contribution < 1.29 is 8.91 Å². The Morgan fingerprint density at radius 2 is 2.15 bits per heavy atom. The molecule has 1 atom stereocenters. The fourth-order valence-electron chi connectivity index (χ4n) is 2.57. The van der Waals surface area contributed by atoms with Gasteiger partial charge in [0.2, 0.25) is 5.89 Å². The molecule has 5 heteroatoms. The summed E-state index contributed by atoms with van der Waals surface area (Å²) < 4.78 is 18.1. The van der Waals surface area contributed by atoms with Gasteiger partial charge in [-0.2, -0.15) is 4.98 Å². The summed E-state index contributed by atoms with van der Waals surface area (Å²) in [4.78, 5) is 4.42. The van der Waals surface area contributed by atoms with Gasteiger partial charge in [0.1, 0.15) is 5.82 Å². The van der Waals surface area contributed by atoms with E-state index >= 15 is 0 Å². The second-order valence-electron chi connectivity index (χ2n) is 5.32. The minimum Gasteiger partial charge on any atom is -0.339 e. The molecule has 1 aliphatic rings. The number of piperidine rings is 1. The number of nitrogens with one attached hydrogen (secondary N) is 1. The first kappa shape index (κ1) is 13.2. The van der Waals surface area contributed by atoms with Gasteiger partial charge in [-0.3, -0.25) is 0 Å². The molecule has 0 radical (unpaired) electrons. The quantitative estimate of drug-likeness (QED) is 0.930. The van der Waals surface area contributed by atoms with E-state index in [1.54, 1.807) is 12.1 Å². The maximum atomic E-state index is 12.8. The highest BCUT2D eigenvalue weighted by Gasteiger charge is 2.17. The van der Waals surface area contributed by atoms with Gasteiger partial charge in [0.15, 0.2) is 5.82 Å². The third-order valence-electron chi connectivity index (χ3n) is 3.65. The molecule has 1 fully saturated rings. The summed E-state index contributed by atoms with van der Waals surface area (Å²) in [6.07, 6.45) is 3.83. The summed E-state index contributed by atoms with van der Waals surface area (Å²) in [7, 11) is 0. The van der Waals surface area contributed by atoms with E-state index in [1.807, 2.05) is 0 Å². The first-order valence-corrected chi connectivity index (χ1v) is 7.06. The van der Waals surface area contributed by atoms with Gasteiger partial charge in [-0.25, -0.2) is 4.39 Å². The Bertz CT molecular complexity index is 547. The van der Waals surface area contributed by atoms with Crippen LogP contribution in [0.15, 0.2) is 28.8 Å². The van der Waals surface area contributed by atoms with E-state index in [4.69, 9.17) is 4.52 Å². The lowest BCUT2D eigenvalue weighted by atomic mass is 9.96. The molecule has 0 saturated carbocycles. The van der Waals surface area contributed by atoms with Gasteiger partial charge in [-0.05, 0) is 49.5 Å². The Labute approximate surface area is 117 Å². The molecule has 20 heavy (non-hydrogen) atoms. The van der Waals surface area contributed by atoms with Crippen molar-refractivity contribution in [3.63, 3.8) is 0 Å². The number of benzene rings is 1. The van der Waals surface area contributed by atoms with E-state index in [0.29, 0.717) is 24.1 Å². The summed E-state index contributed by atoms with van der Waals surface area (Å²) >= 11 is 0. The highest BCUT2D eigenvalue weighted by atomic mass is 19.1. The molecule has 0 amide bonds. The van der Waals surface area contributed by atoms with Crippen LogP contribution in [0.5, 0.6) is 0 Å². The smallest absolute Gasteiger partial charge is 0.226 e. The minimum atomic E-state index is -0.229. The maximum absolute atomic E-state index is 12.8. The zero-order chi connectivity index (χ0) is 13.8. The molecule has 1 aromatic carbocycles. The predicted octanol–water partition coefficient (Wildman–Crippen LogP) is 2.34. The highest BCUT2D eigenvalue weighted by molar-refractivity contribution is 5.19. The van der Waals surface area contributed by atoms with Crippen molar-refractivity contribution >= 4 is 0 Å². The van der Waals surface area contributed by atoms with Crippen molar-refractivity contribution in [2.24, 2.45) is 5.92 Å². The summed E-state index contributed by atoms with van der Waals surface area (Å²) in [6, 6.07) is 6.39. The average Bonchev–Trinajstić information content (AvgIpc) is 2.90. The van der Waals surface area contributed by atoms with Gasteiger partial charge in [0.25, 0.3) is 0 Å². The third-order valence-corrected chi connectivity index (χ3v) is 3.65. The van der Waals surface area contributed by atoms with Crippen molar-refractivity contribution in [1.29, 1.82) is 0 Å². The van der Waals surface area contributed by atoms with Gasteiger partial charge in [0, 0.05) is 12.8 Å². The average molecular weight is 275 g/mol. The SMILES string of the molecule is Fc1ccc(Cc2noc(CC3CCCNC3)n2)cc1. The minimum absolute atomic E-state index is 0.229. The Balaban J connectivity index is 1.60. The van der Waals surface area contributed by atoms with Crippen LogP contribution in [0.3, 0.4) is 0 Å². The lowest BCUT2D eigenvalue weighted by molar-refractivity contribution is 0.314. The van der Waals surface area contributed by atoms with Crippen LogP contribution >= 0.6 is 0 Å². The van der Waals surface area contributed by atoms with E-state index < -0.39 is 0 Å². The van der Waals surface area contributed by atoms with Crippen LogP contribution in [0, 0.1) is 11.7 Å². The molecule has 0 spiro atoms. The molecule has 0 aliphatic carbocycles. The molecular formula is C15H18FN3O. The van der Waals surface area contributed by atoms with Gasteiger partial charge in [0.05, 0.1) is 0 Å². The number of aromatic nitrogens is 2. The lowest BCUT2D eigenvalue weighted by Crippen LogP contribution is -2.30. The maximum Gasteiger partial charge on any atom is 0.226 e. The Kier molecular flexibility index (Phi) is 4.06. The van der Waals surface area contributed by atoms with Gasteiger partial charge in [-0.1, -0.05) is 17.3 Å². The van der Waals surface area contributed by atoms with E-state index in [9.17, 15) is 4.39 Å². The third kappa shape index (κ3) is 3.42. The van der Waals surface area contributed by atoms with Crippen LogP contribution in [0.1, 0.15) is 30.1 Å². The van der Waals surface area contributed by atoms with E-state index in [2.05, 4.69) is 15.5 Å².